The van der Waals surface area contributed by atoms with E-state index < -0.39 is 12.1 Å². The summed E-state index contributed by atoms with van der Waals surface area (Å²) in [6, 6.07) is 9.44. The summed E-state index contributed by atoms with van der Waals surface area (Å²) >= 11 is 0. The molecule has 0 aliphatic heterocycles. The van der Waals surface area contributed by atoms with E-state index in [0.717, 1.165) is 6.42 Å². The van der Waals surface area contributed by atoms with Crippen molar-refractivity contribution >= 4 is 23.3 Å². The Bertz CT molecular complexity index is 938. The third-order valence-corrected chi connectivity index (χ3v) is 4.51. The SMILES string of the molecule is CCCC(=O)Nc1ccc(C(=O)C(C)OC(=O)c2ccc(OC)c(OC)c2OC)cc1. The predicted octanol–water partition coefficient (Wildman–Crippen LogP) is 3.88. The summed E-state index contributed by atoms with van der Waals surface area (Å²) in [7, 11) is 4.29. The van der Waals surface area contributed by atoms with Crippen molar-refractivity contribution in [3.05, 3.63) is 47.5 Å². The Balaban J connectivity index is 2.12. The number of Topliss-reactive ketones (excluding diaryl/α,β-unsaturated/α-hetero) is 1. The number of ether oxygens (including phenoxy) is 4. The van der Waals surface area contributed by atoms with Crippen LogP contribution in [0.25, 0.3) is 0 Å². The zero-order chi connectivity index (χ0) is 23.0. The van der Waals surface area contributed by atoms with Gasteiger partial charge in [-0.05, 0) is 49.7 Å². The Labute approximate surface area is 181 Å². The molecule has 0 saturated heterocycles. The molecule has 0 bridgehead atoms. The first kappa shape index (κ1) is 23.7. The monoisotopic (exact) mass is 429 g/mol. The molecule has 1 atom stereocenters. The molecule has 0 fully saturated rings. The van der Waals surface area contributed by atoms with Crippen molar-refractivity contribution in [2.24, 2.45) is 0 Å². The lowest BCUT2D eigenvalue weighted by molar-refractivity contribution is -0.116. The van der Waals surface area contributed by atoms with E-state index in [1.165, 1.54) is 34.3 Å². The zero-order valence-electron chi connectivity index (χ0n) is 18.3. The molecule has 0 aliphatic rings. The van der Waals surface area contributed by atoms with Crippen LogP contribution in [0.1, 0.15) is 47.4 Å². The van der Waals surface area contributed by atoms with Gasteiger partial charge in [0.1, 0.15) is 5.56 Å². The molecule has 166 valence electrons. The van der Waals surface area contributed by atoms with Gasteiger partial charge in [0.25, 0.3) is 0 Å². The van der Waals surface area contributed by atoms with Crippen LogP contribution < -0.4 is 19.5 Å². The second-order valence-corrected chi connectivity index (χ2v) is 6.67. The number of amides is 1. The summed E-state index contributed by atoms with van der Waals surface area (Å²) in [5.74, 6) is -0.405. The second-order valence-electron chi connectivity index (χ2n) is 6.67. The average molecular weight is 429 g/mol. The van der Waals surface area contributed by atoms with Crippen LogP contribution in [0.15, 0.2) is 36.4 Å². The van der Waals surface area contributed by atoms with Crippen molar-refractivity contribution in [1.82, 2.24) is 0 Å². The fraction of sp³-hybridized carbons (Fsp3) is 0.348. The maximum absolute atomic E-state index is 12.7. The molecule has 2 rings (SSSR count). The maximum Gasteiger partial charge on any atom is 0.342 e. The molecule has 0 radical (unpaired) electrons. The number of anilines is 1. The fourth-order valence-corrected chi connectivity index (χ4v) is 2.94. The lowest BCUT2D eigenvalue weighted by Crippen LogP contribution is -2.24. The van der Waals surface area contributed by atoms with Gasteiger partial charge in [-0.3, -0.25) is 9.59 Å². The smallest absolute Gasteiger partial charge is 0.342 e. The number of esters is 1. The van der Waals surface area contributed by atoms with E-state index in [2.05, 4.69) is 5.32 Å². The molecule has 2 aromatic rings. The molecular formula is C23H27NO7. The normalized spacial score (nSPS) is 11.3. The van der Waals surface area contributed by atoms with E-state index in [4.69, 9.17) is 18.9 Å². The maximum atomic E-state index is 12.7. The zero-order valence-corrected chi connectivity index (χ0v) is 18.3. The summed E-state index contributed by atoms with van der Waals surface area (Å²) in [6.07, 6.45) is 0.134. The molecular weight excluding hydrogens is 402 g/mol. The van der Waals surface area contributed by atoms with E-state index in [9.17, 15) is 14.4 Å². The van der Waals surface area contributed by atoms with Gasteiger partial charge in [0.05, 0.1) is 21.3 Å². The molecule has 8 heteroatoms. The van der Waals surface area contributed by atoms with E-state index in [0.29, 0.717) is 23.4 Å². The average Bonchev–Trinajstić information content (AvgIpc) is 2.77. The molecule has 0 aromatic heterocycles. The van der Waals surface area contributed by atoms with E-state index in [1.54, 1.807) is 30.3 Å². The molecule has 2 aromatic carbocycles. The number of benzene rings is 2. The number of hydrogen-bond donors (Lipinski definition) is 1. The highest BCUT2D eigenvalue weighted by molar-refractivity contribution is 6.02. The van der Waals surface area contributed by atoms with Gasteiger partial charge < -0.3 is 24.3 Å². The van der Waals surface area contributed by atoms with Crippen LogP contribution in [0.2, 0.25) is 0 Å². The van der Waals surface area contributed by atoms with Crippen molar-refractivity contribution in [3.8, 4) is 17.2 Å². The van der Waals surface area contributed by atoms with E-state index in [1.807, 2.05) is 6.92 Å². The number of nitrogens with one attached hydrogen (secondary N) is 1. The fourth-order valence-electron chi connectivity index (χ4n) is 2.94. The van der Waals surface area contributed by atoms with Gasteiger partial charge in [0, 0.05) is 17.7 Å². The largest absolute Gasteiger partial charge is 0.493 e. The molecule has 0 aliphatic carbocycles. The molecule has 1 N–H and O–H groups in total. The van der Waals surface area contributed by atoms with E-state index >= 15 is 0 Å². The standard InChI is InChI=1S/C23H27NO7/c1-6-7-19(25)24-16-10-8-15(9-11-16)20(26)14(2)31-23(27)17-12-13-18(28-3)22(30-5)21(17)29-4/h8-14H,6-7H2,1-5H3,(H,24,25). The van der Waals surface area contributed by atoms with Crippen molar-refractivity contribution in [1.29, 1.82) is 0 Å². The van der Waals surface area contributed by atoms with Crippen LogP contribution >= 0.6 is 0 Å². The number of ketones is 1. The Morgan fingerprint density at radius 2 is 1.55 bits per heavy atom. The topological polar surface area (TPSA) is 100 Å². The summed E-state index contributed by atoms with van der Waals surface area (Å²) in [6.45, 7) is 3.41. The highest BCUT2D eigenvalue weighted by Crippen LogP contribution is 2.40. The third kappa shape index (κ3) is 5.75. The number of rotatable bonds is 10. The molecule has 0 spiro atoms. The molecule has 0 heterocycles. The minimum atomic E-state index is -1.04. The van der Waals surface area contributed by atoms with Crippen LogP contribution in [0, 0.1) is 0 Å². The van der Waals surface area contributed by atoms with Crippen LogP contribution in [-0.2, 0) is 9.53 Å². The van der Waals surface area contributed by atoms with Crippen LogP contribution in [0.5, 0.6) is 17.2 Å². The minimum Gasteiger partial charge on any atom is -0.493 e. The molecule has 8 nitrogen and oxygen atoms in total. The summed E-state index contributed by atoms with van der Waals surface area (Å²) in [4.78, 5) is 37.0. The van der Waals surface area contributed by atoms with Gasteiger partial charge in [-0.15, -0.1) is 0 Å². The minimum absolute atomic E-state index is 0.0901. The first-order valence-corrected chi connectivity index (χ1v) is 9.80. The van der Waals surface area contributed by atoms with Gasteiger partial charge in [-0.2, -0.15) is 0 Å². The summed E-state index contributed by atoms with van der Waals surface area (Å²) in [5, 5.41) is 2.75. The van der Waals surface area contributed by atoms with Crippen LogP contribution in [0.4, 0.5) is 5.69 Å². The van der Waals surface area contributed by atoms with Crippen LogP contribution in [0.3, 0.4) is 0 Å². The number of methoxy groups -OCH3 is 3. The number of carbonyl (C=O) groups is 3. The Morgan fingerprint density at radius 1 is 0.903 bits per heavy atom. The second kappa shape index (κ2) is 11.0. The highest BCUT2D eigenvalue weighted by Gasteiger charge is 2.25. The summed E-state index contributed by atoms with van der Waals surface area (Å²) in [5.41, 5.74) is 1.05. The quantitative estimate of drug-likeness (QED) is 0.452. The highest BCUT2D eigenvalue weighted by atomic mass is 16.6. The van der Waals surface area contributed by atoms with Crippen LogP contribution in [-0.4, -0.2) is 45.1 Å². The lowest BCUT2D eigenvalue weighted by atomic mass is 10.1. The first-order valence-electron chi connectivity index (χ1n) is 9.80. The Hall–Kier alpha value is -3.55. The third-order valence-electron chi connectivity index (χ3n) is 4.51. The Kier molecular flexibility index (Phi) is 8.43. The van der Waals surface area contributed by atoms with Gasteiger partial charge in [0.2, 0.25) is 17.4 Å². The van der Waals surface area contributed by atoms with E-state index in [-0.39, 0.29) is 28.8 Å². The number of carbonyl (C=O) groups excluding carboxylic acids is 3. The first-order chi connectivity index (χ1) is 14.9. The molecule has 1 amide bonds. The van der Waals surface area contributed by atoms with Crippen molar-refractivity contribution in [3.63, 3.8) is 0 Å². The van der Waals surface area contributed by atoms with Crippen molar-refractivity contribution in [2.75, 3.05) is 26.6 Å². The molecule has 0 saturated carbocycles. The van der Waals surface area contributed by atoms with Crippen molar-refractivity contribution in [2.45, 2.75) is 32.8 Å². The van der Waals surface area contributed by atoms with Gasteiger partial charge in [-0.25, -0.2) is 4.79 Å². The Morgan fingerprint density at radius 3 is 2.10 bits per heavy atom. The molecule has 31 heavy (non-hydrogen) atoms. The predicted molar refractivity (Wildman–Crippen MR) is 115 cm³/mol. The lowest BCUT2D eigenvalue weighted by Gasteiger charge is -2.17. The van der Waals surface area contributed by atoms with Gasteiger partial charge in [0.15, 0.2) is 17.6 Å². The van der Waals surface area contributed by atoms with Gasteiger partial charge in [-0.1, -0.05) is 6.92 Å². The summed E-state index contributed by atoms with van der Waals surface area (Å²) < 4.78 is 21.1. The van der Waals surface area contributed by atoms with Gasteiger partial charge >= 0.3 is 5.97 Å². The van der Waals surface area contributed by atoms with Crippen molar-refractivity contribution < 1.29 is 33.3 Å². The molecule has 1 unspecified atom stereocenters. The number of hydrogen-bond acceptors (Lipinski definition) is 7.